The minimum absolute atomic E-state index is 0.0201. The highest BCUT2D eigenvalue weighted by atomic mass is 79.9. The standard InChI is InChI=1S/C15H17BrFNO3/c1-8-5-10(15(20)21)7-18(6-8)14(19)12-11(17)4-3-9(2)13(12)16/h3-4,8,10H,5-7H2,1-2H3,(H,20,21). The molecule has 1 aromatic carbocycles. The van der Waals surface area contributed by atoms with Gasteiger partial charge in [0, 0.05) is 17.6 Å². The second-order valence-electron chi connectivity index (χ2n) is 5.64. The van der Waals surface area contributed by atoms with Crippen molar-refractivity contribution < 1.29 is 19.1 Å². The Morgan fingerprint density at radius 1 is 1.38 bits per heavy atom. The lowest BCUT2D eigenvalue weighted by molar-refractivity contribution is -0.143. The Balaban J connectivity index is 2.31. The van der Waals surface area contributed by atoms with Crippen LogP contribution in [0.1, 0.15) is 29.3 Å². The number of carbonyl (C=O) groups excluding carboxylic acids is 1. The molecule has 1 aliphatic rings. The summed E-state index contributed by atoms with van der Waals surface area (Å²) in [5.74, 6) is -2.48. The molecule has 1 aromatic rings. The molecule has 1 fully saturated rings. The third-order valence-corrected chi connectivity index (χ3v) is 4.82. The third kappa shape index (κ3) is 3.26. The Morgan fingerprint density at radius 2 is 2.05 bits per heavy atom. The van der Waals surface area contributed by atoms with Crippen molar-refractivity contribution in [1.82, 2.24) is 4.90 Å². The van der Waals surface area contributed by atoms with Crippen LogP contribution in [0.15, 0.2) is 16.6 Å². The smallest absolute Gasteiger partial charge is 0.308 e. The van der Waals surface area contributed by atoms with E-state index in [2.05, 4.69) is 15.9 Å². The molecule has 1 aliphatic heterocycles. The van der Waals surface area contributed by atoms with E-state index in [1.807, 2.05) is 6.92 Å². The van der Waals surface area contributed by atoms with Crippen molar-refractivity contribution in [2.45, 2.75) is 20.3 Å². The molecule has 0 aliphatic carbocycles. The number of carbonyl (C=O) groups is 2. The minimum atomic E-state index is -0.914. The highest BCUT2D eigenvalue weighted by molar-refractivity contribution is 9.10. The summed E-state index contributed by atoms with van der Waals surface area (Å²) in [5, 5.41) is 9.16. The molecule has 1 amide bonds. The summed E-state index contributed by atoms with van der Waals surface area (Å²) in [6, 6.07) is 2.85. The summed E-state index contributed by atoms with van der Waals surface area (Å²) >= 11 is 3.25. The molecule has 4 nitrogen and oxygen atoms in total. The van der Waals surface area contributed by atoms with Gasteiger partial charge in [-0.25, -0.2) is 4.39 Å². The maximum atomic E-state index is 14.0. The first-order chi connectivity index (χ1) is 9.81. The zero-order chi connectivity index (χ0) is 15.7. The minimum Gasteiger partial charge on any atom is -0.481 e. The van der Waals surface area contributed by atoms with Crippen molar-refractivity contribution in [3.63, 3.8) is 0 Å². The van der Waals surface area contributed by atoms with Crippen molar-refractivity contribution in [3.8, 4) is 0 Å². The summed E-state index contributed by atoms with van der Waals surface area (Å²) in [5.41, 5.74) is 0.743. The second kappa shape index (κ2) is 6.13. The van der Waals surface area contributed by atoms with E-state index in [0.29, 0.717) is 17.4 Å². The molecule has 0 bridgehead atoms. The number of carboxylic acids is 1. The lowest BCUT2D eigenvalue weighted by atomic mass is 9.90. The zero-order valence-corrected chi connectivity index (χ0v) is 13.5. The van der Waals surface area contributed by atoms with Gasteiger partial charge in [0.15, 0.2) is 0 Å². The lowest BCUT2D eigenvalue weighted by Crippen LogP contribution is -2.45. The van der Waals surface area contributed by atoms with Crippen LogP contribution < -0.4 is 0 Å². The van der Waals surface area contributed by atoms with Gasteiger partial charge in [0.1, 0.15) is 5.82 Å². The second-order valence-corrected chi connectivity index (χ2v) is 6.43. The van der Waals surface area contributed by atoms with Crippen LogP contribution in [-0.2, 0) is 4.79 Å². The fourth-order valence-corrected chi connectivity index (χ4v) is 3.20. The quantitative estimate of drug-likeness (QED) is 0.884. The molecule has 6 heteroatoms. The highest BCUT2D eigenvalue weighted by Gasteiger charge is 2.33. The monoisotopic (exact) mass is 357 g/mol. The SMILES string of the molecule is Cc1ccc(F)c(C(=O)N2CC(C)CC(C(=O)O)C2)c1Br. The number of amides is 1. The normalized spacial score (nSPS) is 22.2. The van der Waals surface area contributed by atoms with E-state index in [-0.39, 0.29) is 18.0 Å². The van der Waals surface area contributed by atoms with Crippen molar-refractivity contribution >= 4 is 27.8 Å². The van der Waals surface area contributed by atoms with Gasteiger partial charge in [0.25, 0.3) is 5.91 Å². The maximum Gasteiger partial charge on any atom is 0.308 e. The number of benzene rings is 1. The molecular formula is C15H17BrFNO3. The largest absolute Gasteiger partial charge is 0.481 e. The molecule has 114 valence electrons. The Morgan fingerprint density at radius 3 is 2.67 bits per heavy atom. The molecule has 2 atom stereocenters. The van der Waals surface area contributed by atoms with E-state index in [4.69, 9.17) is 5.11 Å². The third-order valence-electron chi connectivity index (χ3n) is 3.79. The summed E-state index contributed by atoms with van der Waals surface area (Å²) in [6.45, 7) is 4.25. The Labute approximate surface area is 131 Å². The Bertz CT molecular complexity index is 591. The van der Waals surface area contributed by atoms with Crippen LogP contribution in [0.5, 0.6) is 0 Å². The molecule has 1 heterocycles. The molecule has 1 saturated heterocycles. The van der Waals surface area contributed by atoms with Gasteiger partial charge < -0.3 is 10.0 Å². The number of aliphatic carboxylic acids is 1. The van der Waals surface area contributed by atoms with Gasteiger partial charge in [-0.3, -0.25) is 9.59 Å². The fourth-order valence-electron chi connectivity index (χ4n) is 2.71. The van der Waals surface area contributed by atoms with Crippen molar-refractivity contribution in [2.24, 2.45) is 11.8 Å². The first-order valence-electron chi connectivity index (χ1n) is 6.78. The number of likely N-dealkylation sites (tertiary alicyclic amines) is 1. The zero-order valence-electron chi connectivity index (χ0n) is 11.9. The predicted molar refractivity (Wildman–Crippen MR) is 79.6 cm³/mol. The topological polar surface area (TPSA) is 57.6 Å². The van der Waals surface area contributed by atoms with Crippen LogP contribution in [0.25, 0.3) is 0 Å². The van der Waals surface area contributed by atoms with Gasteiger partial charge in [0.2, 0.25) is 0 Å². The van der Waals surface area contributed by atoms with E-state index >= 15 is 0 Å². The van der Waals surface area contributed by atoms with Gasteiger partial charge in [-0.15, -0.1) is 0 Å². The molecule has 0 spiro atoms. The first-order valence-corrected chi connectivity index (χ1v) is 7.57. The molecule has 0 aromatic heterocycles. The maximum absolute atomic E-state index is 14.0. The number of rotatable bonds is 2. The van der Waals surface area contributed by atoms with Gasteiger partial charge in [0.05, 0.1) is 11.5 Å². The number of hydrogen-bond acceptors (Lipinski definition) is 2. The molecule has 2 unspecified atom stereocenters. The van der Waals surface area contributed by atoms with Crippen LogP contribution in [-0.4, -0.2) is 35.0 Å². The van der Waals surface area contributed by atoms with Gasteiger partial charge >= 0.3 is 5.97 Å². The van der Waals surface area contributed by atoms with Crippen LogP contribution in [0.4, 0.5) is 4.39 Å². The number of aryl methyl sites for hydroxylation is 1. The van der Waals surface area contributed by atoms with Gasteiger partial charge in [-0.05, 0) is 46.8 Å². The number of carboxylic acid groups (broad SMARTS) is 1. The fraction of sp³-hybridized carbons (Fsp3) is 0.467. The molecule has 0 saturated carbocycles. The molecule has 2 rings (SSSR count). The molecule has 0 radical (unpaired) electrons. The van der Waals surface area contributed by atoms with Gasteiger partial charge in [-0.2, -0.15) is 0 Å². The molecule has 21 heavy (non-hydrogen) atoms. The first kappa shape index (κ1) is 15.9. The summed E-state index contributed by atoms with van der Waals surface area (Å²) in [6.07, 6.45) is 0.538. The number of halogens is 2. The van der Waals surface area contributed by atoms with Crippen LogP contribution in [0.2, 0.25) is 0 Å². The van der Waals surface area contributed by atoms with Crippen molar-refractivity contribution in [1.29, 1.82) is 0 Å². The van der Waals surface area contributed by atoms with Crippen molar-refractivity contribution in [2.75, 3.05) is 13.1 Å². The van der Waals surface area contributed by atoms with Crippen LogP contribution >= 0.6 is 15.9 Å². The van der Waals surface area contributed by atoms with E-state index in [1.54, 1.807) is 13.0 Å². The summed E-state index contributed by atoms with van der Waals surface area (Å²) in [7, 11) is 0. The number of nitrogens with zero attached hydrogens (tertiary/aromatic N) is 1. The number of hydrogen-bond donors (Lipinski definition) is 1. The Kier molecular flexibility index (Phi) is 4.66. The average Bonchev–Trinajstić information content (AvgIpc) is 2.42. The van der Waals surface area contributed by atoms with E-state index in [9.17, 15) is 14.0 Å². The predicted octanol–water partition coefficient (Wildman–Crippen LogP) is 3.08. The van der Waals surface area contributed by atoms with Crippen molar-refractivity contribution in [3.05, 3.63) is 33.5 Å². The lowest BCUT2D eigenvalue weighted by Gasteiger charge is -2.35. The summed E-state index contributed by atoms with van der Waals surface area (Å²) < 4.78 is 14.4. The highest BCUT2D eigenvalue weighted by Crippen LogP contribution is 2.28. The van der Waals surface area contributed by atoms with Crippen LogP contribution in [0, 0.1) is 24.6 Å². The van der Waals surface area contributed by atoms with Gasteiger partial charge in [-0.1, -0.05) is 13.0 Å². The average molecular weight is 358 g/mol. The molecule has 1 N–H and O–H groups in total. The van der Waals surface area contributed by atoms with Crippen LogP contribution in [0.3, 0.4) is 0 Å². The Hall–Kier alpha value is -1.43. The molecular weight excluding hydrogens is 341 g/mol. The van der Waals surface area contributed by atoms with E-state index in [1.165, 1.54) is 11.0 Å². The van der Waals surface area contributed by atoms with E-state index in [0.717, 1.165) is 5.56 Å². The number of piperidine rings is 1. The summed E-state index contributed by atoms with van der Waals surface area (Å²) in [4.78, 5) is 25.2. The van der Waals surface area contributed by atoms with E-state index < -0.39 is 23.6 Å².